The molecular weight excluding hydrogens is 416 g/mol. The lowest BCUT2D eigenvalue weighted by molar-refractivity contribution is -0.122. The van der Waals surface area contributed by atoms with Crippen LogP contribution in [0.25, 0.3) is 0 Å². The van der Waals surface area contributed by atoms with Gasteiger partial charge in [0.25, 0.3) is 0 Å². The van der Waals surface area contributed by atoms with Gasteiger partial charge in [0.1, 0.15) is 17.1 Å². The van der Waals surface area contributed by atoms with Gasteiger partial charge >= 0.3 is 0 Å². The summed E-state index contributed by atoms with van der Waals surface area (Å²) in [7, 11) is -2.03. The van der Waals surface area contributed by atoms with Crippen molar-refractivity contribution in [2.75, 3.05) is 24.2 Å². The molecule has 0 saturated carbocycles. The Labute approximate surface area is 184 Å². The molecule has 1 aliphatic rings. The highest BCUT2D eigenvalue weighted by Gasteiger charge is 2.34. The Hall–Kier alpha value is -2.74. The Morgan fingerprint density at radius 1 is 1.19 bits per heavy atom. The summed E-state index contributed by atoms with van der Waals surface area (Å²) < 4.78 is 37.3. The van der Waals surface area contributed by atoms with E-state index in [0.29, 0.717) is 24.3 Å². The highest BCUT2D eigenvalue weighted by atomic mass is 32.2. The third-order valence-corrected chi connectivity index (χ3v) is 6.41. The van der Waals surface area contributed by atoms with E-state index in [0.717, 1.165) is 17.6 Å². The lowest BCUT2D eigenvalue weighted by Gasteiger charge is -2.37. The molecule has 1 atom stereocenters. The third-order valence-electron chi connectivity index (χ3n) is 5.23. The SMILES string of the molecule is COc1ccccc1N(CCCC(=O)NC1CC(C)(C)Oc2ccccc21)S(C)(=O)=O. The van der Waals surface area contributed by atoms with E-state index in [9.17, 15) is 13.2 Å². The summed E-state index contributed by atoms with van der Waals surface area (Å²) in [6, 6.07) is 14.5. The van der Waals surface area contributed by atoms with E-state index in [4.69, 9.17) is 9.47 Å². The molecule has 0 spiro atoms. The van der Waals surface area contributed by atoms with Crippen LogP contribution in [0.3, 0.4) is 0 Å². The maximum atomic E-state index is 12.7. The summed E-state index contributed by atoms with van der Waals surface area (Å²) in [5, 5.41) is 3.09. The predicted molar refractivity (Wildman–Crippen MR) is 121 cm³/mol. The molecule has 1 unspecified atom stereocenters. The van der Waals surface area contributed by atoms with E-state index >= 15 is 0 Å². The molecule has 0 radical (unpaired) electrons. The van der Waals surface area contributed by atoms with Crippen LogP contribution in [0.1, 0.15) is 44.7 Å². The maximum absolute atomic E-state index is 12.7. The Morgan fingerprint density at radius 3 is 2.58 bits per heavy atom. The number of carbonyl (C=O) groups excluding carboxylic acids is 1. The molecule has 2 aromatic rings. The second kappa shape index (κ2) is 9.18. The van der Waals surface area contributed by atoms with Gasteiger partial charge in [-0.2, -0.15) is 0 Å². The monoisotopic (exact) mass is 446 g/mol. The second-order valence-electron chi connectivity index (χ2n) is 8.33. The number of nitrogens with one attached hydrogen (secondary N) is 1. The number of benzene rings is 2. The van der Waals surface area contributed by atoms with Crippen LogP contribution >= 0.6 is 0 Å². The van der Waals surface area contributed by atoms with Gasteiger partial charge in [0.05, 0.1) is 25.1 Å². The fourth-order valence-corrected chi connectivity index (χ4v) is 4.85. The number of hydrogen-bond donors (Lipinski definition) is 1. The highest BCUT2D eigenvalue weighted by molar-refractivity contribution is 7.92. The van der Waals surface area contributed by atoms with Crippen molar-refractivity contribution in [2.45, 2.75) is 44.8 Å². The minimum absolute atomic E-state index is 0.119. The lowest BCUT2D eigenvalue weighted by atomic mass is 9.89. The zero-order valence-corrected chi connectivity index (χ0v) is 19.2. The number of amides is 1. The minimum Gasteiger partial charge on any atom is -0.495 e. The van der Waals surface area contributed by atoms with E-state index in [-0.39, 0.29) is 30.5 Å². The number of sulfonamides is 1. The lowest BCUT2D eigenvalue weighted by Crippen LogP contribution is -2.41. The number of ether oxygens (including phenoxy) is 2. The Morgan fingerprint density at radius 2 is 1.87 bits per heavy atom. The average molecular weight is 447 g/mol. The van der Waals surface area contributed by atoms with Crippen LogP contribution in [0.2, 0.25) is 0 Å². The van der Waals surface area contributed by atoms with Crippen LogP contribution in [0, 0.1) is 0 Å². The summed E-state index contributed by atoms with van der Waals surface area (Å²) >= 11 is 0. The molecule has 1 amide bonds. The largest absolute Gasteiger partial charge is 0.495 e. The zero-order chi connectivity index (χ0) is 22.6. The molecule has 3 rings (SSSR count). The molecule has 8 heteroatoms. The third kappa shape index (κ3) is 5.70. The molecule has 1 N–H and O–H groups in total. The number of para-hydroxylation sites is 3. The first-order valence-electron chi connectivity index (χ1n) is 10.3. The number of anilines is 1. The van der Waals surface area contributed by atoms with E-state index in [1.165, 1.54) is 11.4 Å². The quantitative estimate of drug-likeness (QED) is 0.669. The molecule has 1 heterocycles. The van der Waals surface area contributed by atoms with Crippen LogP contribution < -0.4 is 19.1 Å². The summed E-state index contributed by atoms with van der Waals surface area (Å²) in [5.74, 6) is 1.13. The van der Waals surface area contributed by atoms with Gasteiger partial charge in [-0.05, 0) is 38.5 Å². The van der Waals surface area contributed by atoms with E-state index in [1.54, 1.807) is 24.3 Å². The molecule has 0 aliphatic carbocycles. The summed E-state index contributed by atoms with van der Waals surface area (Å²) in [6.45, 7) is 4.18. The van der Waals surface area contributed by atoms with Crippen molar-refractivity contribution >= 4 is 21.6 Å². The fraction of sp³-hybridized carbons (Fsp3) is 0.435. The van der Waals surface area contributed by atoms with Gasteiger partial charge in [-0.3, -0.25) is 9.10 Å². The van der Waals surface area contributed by atoms with Crippen molar-refractivity contribution in [1.82, 2.24) is 5.32 Å². The standard InChI is InChI=1S/C23H30N2O5S/c1-23(2)16-18(17-10-5-7-12-20(17)30-23)24-22(26)14-9-15-25(31(4,27)28)19-11-6-8-13-21(19)29-3/h5-8,10-13,18H,9,14-16H2,1-4H3,(H,24,26). The van der Waals surface area contributed by atoms with Crippen molar-refractivity contribution in [1.29, 1.82) is 0 Å². The second-order valence-corrected chi connectivity index (χ2v) is 10.2. The Bertz CT molecular complexity index is 1040. The molecule has 0 saturated heterocycles. The number of nitrogens with zero attached hydrogens (tertiary/aromatic N) is 1. The van der Waals surface area contributed by atoms with Crippen molar-refractivity contribution in [3.05, 3.63) is 54.1 Å². The first-order chi connectivity index (χ1) is 14.6. The molecule has 168 valence electrons. The molecule has 2 aromatic carbocycles. The van der Waals surface area contributed by atoms with E-state index in [1.807, 2.05) is 38.1 Å². The smallest absolute Gasteiger partial charge is 0.232 e. The van der Waals surface area contributed by atoms with Gasteiger partial charge < -0.3 is 14.8 Å². The van der Waals surface area contributed by atoms with Crippen molar-refractivity contribution in [3.63, 3.8) is 0 Å². The van der Waals surface area contributed by atoms with Crippen LogP contribution in [-0.2, 0) is 14.8 Å². The van der Waals surface area contributed by atoms with Crippen LogP contribution in [0.5, 0.6) is 11.5 Å². The molecule has 1 aliphatic heterocycles. The average Bonchev–Trinajstić information content (AvgIpc) is 2.69. The van der Waals surface area contributed by atoms with Crippen LogP contribution in [-0.4, -0.2) is 39.8 Å². The maximum Gasteiger partial charge on any atom is 0.232 e. The summed E-state index contributed by atoms with van der Waals surface area (Å²) in [6.07, 6.45) is 2.40. The molecule has 31 heavy (non-hydrogen) atoms. The first-order valence-corrected chi connectivity index (χ1v) is 12.1. The van der Waals surface area contributed by atoms with Gasteiger partial charge in [-0.15, -0.1) is 0 Å². The minimum atomic E-state index is -3.53. The van der Waals surface area contributed by atoms with Crippen molar-refractivity contribution in [3.8, 4) is 11.5 Å². The number of carbonyl (C=O) groups is 1. The Balaban J connectivity index is 1.65. The topological polar surface area (TPSA) is 84.9 Å². The van der Waals surface area contributed by atoms with E-state index in [2.05, 4.69) is 5.32 Å². The summed E-state index contributed by atoms with van der Waals surface area (Å²) in [5.41, 5.74) is 1.04. The molecule has 0 fully saturated rings. The fourth-order valence-electron chi connectivity index (χ4n) is 3.88. The number of methoxy groups -OCH3 is 1. The number of fused-ring (bicyclic) bond motifs is 1. The summed E-state index contributed by atoms with van der Waals surface area (Å²) in [4.78, 5) is 12.7. The van der Waals surface area contributed by atoms with Crippen molar-refractivity contribution in [2.24, 2.45) is 0 Å². The van der Waals surface area contributed by atoms with Gasteiger partial charge in [0, 0.05) is 24.9 Å². The number of rotatable bonds is 8. The van der Waals surface area contributed by atoms with Crippen molar-refractivity contribution < 1.29 is 22.7 Å². The molecule has 0 aromatic heterocycles. The van der Waals surface area contributed by atoms with E-state index < -0.39 is 10.0 Å². The molecule has 7 nitrogen and oxygen atoms in total. The highest BCUT2D eigenvalue weighted by Crippen LogP contribution is 2.39. The van der Waals surface area contributed by atoms with Gasteiger partial charge in [-0.1, -0.05) is 30.3 Å². The normalized spacial score (nSPS) is 17.2. The van der Waals surface area contributed by atoms with Crippen LogP contribution in [0.15, 0.2) is 48.5 Å². The zero-order valence-electron chi connectivity index (χ0n) is 18.4. The molecular formula is C23H30N2O5S. The Kier molecular flexibility index (Phi) is 6.79. The first kappa shape index (κ1) is 22.9. The van der Waals surface area contributed by atoms with Crippen LogP contribution in [0.4, 0.5) is 5.69 Å². The van der Waals surface area contributed by atoms with Gasteiger partial charge in [0.2, 0.25) is 15.9 Å². The predicted octanol–water partition coefficient (Wildman–Crippen LogP) is 3.66. The molecule has 0 bridgehead atoms. The van der Waals surface area contributed by atoms with Gasteiger partial charge in [0.15, 0.2) is 0 Å². The van der Waals surface area contributed by atoms with Gasteiger partial charge in [-0.25, -0.2) is 8.42 Å². The number of hydrogen-bond acceptors (Lipinski definition) is 5.